The molecule has 140 valence electrons. The Balaban J connectivity index is 1.77. The van der Waals surface area contributed by atoms with Gasteiger partial charge in [-0.25, -0.2) is 4.79 Å². The average molecular weight is 364 g/mol. The van der Waals surface area contributed by atoms with Crippen molar-refractivity contribution in [2.24, 2.45) is 0 Å². The molecule has 1 N–H and O–H groups in total. The van der Waals surface area contributed by atoms with E-state index in [1.54, 1.807) is 24.3 Å². The van der Waals surface area contributed by atoms with Crippen LogP contribution in [0.1, 0.15) is 0 Å². The summed E-state index contributed by atoms with van der Waals surface area (Å²) in [4.78, 5) is 36.8. The van der Waals surface area contributed by atoms with Crippen LogP contribution in [0.25, 0.3) is 0 Å². The largest absolute Gasteiger partial charge is 0.497 e. The molecule has 1 heterocycles. The number of nitrogens with zero attached hydrogens (tertiary/aromatic N) is 1. The van der Waals surface area contributed by atoms with Gasteiger partial charge in [0.1, 0.15) is 25.2 Å². The van der Waals surface area contributed by atoms with Gasteiger partial charge in [-0.15, -0.1) is 0 Å². The molecule has 0 atom stereocenters. The van der Waals surface area contributed by atoms with E-state index in [1.807, 2.05) is 0 Å². The van der Waals surface area contributed by atoms with Crippen LogP contribution in [0.15, 0.2) is 36.3 Å². The number of nitrogens with one attached hydrogen (secondary N) is 1. The maximum absolute atomic E-state index is 12.0. The molecule has 0 bridgehead atoms. The highest BCUT2D eigenvalue weighted by Gasteiger charge is 2.20. The molecular weight excluding hydrogens is 344 g/mol. The summed E-state index contributed by atoms with van der Waals surface area (Å²) in [6.45, 7) is -0.127. The number of anilines is 1. The summed E-state index contributed by atoms with van der Waals surface area (Å²) < 4.78 is 19.9. The molecule has 0 saturated carbocycles. The van der Waals surface area contributed by atoms with Crippen molar-refractivity contribution in [3.05, 3.63) is 36.3 Å². The Morgan fingerprint density at radius 1 is 1.27 bits per heavy atom. The van der Waals surface area contributed by atoms with Gasteiger partial charge in [0, 0.05) is 18.8 Å². The minimum absolute atomic E-state index is 0.0949. The number of esters is 1. The lowest BCUT2D eigenvalue weighted by atomic mass is 10.3. The van der Waals surface area contributed by atoms with Gasteiger partial charge in [-0.1, -0.05) is 6.07 Å². The smallest absolute Gasteiger partial charge is 0.377 e. The zero-order chi connectivity index (χ0) is 18.9. The Labute approximate surface area is 150 Å². The number of hydrogen-bond acceptors (Lipinski definition) is 7. The number of carbonyl (C=O) groups excluding carboxylic acids is 3. The number of likely N-dealkylation sites (N-methyl/N-ethyl adjacent to an activating group) is 1. The van der Waals surface area contributed by atoms with E-state index < -0.39 is 24.4 Å². The molecule has 2 rings (SSSR count). The van der Waals surface area contributed by atoms with E-state index in [2.05, 4.69) is 5.32 Å². The van der Waals surface area contributed by atoms with E-state index in [4.69, 9.17) is 18.9 Å². The minimum Gasteiger partial charge on any atom is -0.497 e. The standard InChI is InChI=1S/C17H20N2O7/c1-19(9-15(20)18-12-4-3-5-13(8-12)23-2)16(21)11-26-17(22)14-10-24-6-7-25-14/h3-5,8,10H,6-7,9,11H2,1-2H3,(H,18,20). The fraction of sp³-hybridized carbons (Fsp3) is 0.353. The fourth-order valence-corrected chi connectivity index (χ4v) is 1.99. The van der Waals surface area contributed by atoms with Crippen LogP contribution in [0, 0.1) is 0 Å². The lowest BCUT2D eigenvalue weighted by molar-refractivity contribution is -0.152. The maximum atomic E-state index is 12.0. The van der Waals surface area contributed by atoms with E-state index in [9.17, 15) is 14.4 Å². The van der Waals surface area contributed by atoms with Gasteiger partial charge in [0.2, 0.25) is 11.7 Å². The third-order valence-electron chi connectivity index (χ3n) is 3.34. The van der Waals surface area contributed by atoms with Crippen molar-refractivity contribution in [3.63, 3.8) is 0 Å². The molecule has 9 heteroatoms. The van der Waals surface area contributed by atoms with Crippen LogP contribution in [-0.2, 0) is 28.6 Å². The average Bonchev–Trinajstić information content (AvgIpc) is 2.66. The molecule has 0 spiro atoms. The molecule has 2 amide bonds. The van der Waals surface area contributed by atoms with Crippen molar-refractivity contribution in [1.82, 2.24) is 4.90 Å². The number of methoxy groups -OCH3 is 1. The van der Waals surface area contributed by atoms with Crippen LogP contribution in [0.2, 0.25) is 0 Å². The third-order valence-corrected chi connectivity index (χ3v) is 3.34. The first-order chi connectivity index (χ1) is 12.5. The predicted molar refractivity (Wildman–Crippen MR) is 90.2 cm³/mol. The Morgan fingerprint density at radius 2 is 2.08 bits per heavy atom. The fourth-order valence-electron chi connectivity index (χ4n) is 1.99. The minimum atomic E-state index is -0.799. The van der Waals surface area contributed by atoms with Crippen LogP contribution in [-0.4, -0.2) is 63.2 Å². The quantitative estimate of drug-likeness (QED) is 0.704. The normalized spacial score (nSPS) is 12.8. The van der Waals surface area contributed by atoms with Crippen LogP contribution in [0.3, 0.4) is 0 Å². The van der Waals surface area contributed by atoms with E-state index >= 15 is 0 Å². The lowest BCUT2D eigenvalue weighted by Crippen LogP contribution is -2.37. The van der Waals surface area contributed by atoms with E-state index in [0.29, 0.717) is 18.0 Å². The van der Waals surface area contributed by atoms with Crippen molar-refractivity contribution >= 4 is 23.5 Å². The molecular formula is C17H20N2O7. The van der Waals surface area contributed by atoms with Crippen molar-refractivity contribution in [1.29, 1.82) is 0 Å². The SMILES string of the molecule is COc1cccc(NC(=O)CN(C)C(=O)COC(=O)C2=COCCO2)c1. The first kappa shape index (κ1) is 19.1. The van der Waals surface area contributed by atoms with Crippen molar-refractivity contribution in [3.8, 4) is 5.75 Å². The van der Waals surface area contributed by atoms with Gasteiger partial charge in [0.25, 0.3) is 5.91 Å². The van der Waals surface area contributed by atoms with Crippen molar-refractivity contribution in [2.75, 3.05) is 45.8 Å². The first-order valence-electron chi connectivity index (χ1n) is 7.79. The summed E-state index contributed by atoms with van der Waals surface area (Å²) in [6.07, 6.45) is 1.14. The molecule has 0 radical (unpaired) electrons. The van der Waals surface area contributed by atoms with Crippen LogP contribution in [0.5, 0.6) is 5.75 Å². The monoisotopic (exact) mass is 364 g/mol. The molecule has 26 heavy (non-hydrogen) atoms. The van der Waals surface area contributed by atoms with Crippen molar-refractivity contribution < 1.29 is 33.3 Å². The summed E-state index contributed by atoms with van der Waals surface area (Å²) in [7, 11) is 2.95. The second kappa shape index (κ2) is 9.30. The lowest BCUT2D eigenvalue weighted by Gasteiger charge is -2.18. The highest BCUT2D eigenvalue weighted by molar-refractivity contribution is 5.95. The maximum Gasteiger partial charge on any atom is 0.377 e. The van der Waals surface area contributed by atoms with Gasteiger partial charge in [-0.2, -0.15) is 0 Å². The van der Waals surface area contributed by atoms with Gasteiger partial charge < -0.3 is 29.2 Å². The van der Waals surface area contributed by atoms with Gasteiger partial charge in [0.05, 0.1) is 13.7 Å². The summed E-state index contributed by atoms with van der Waals surface area (Å²) in [5.74, 6) is -1.22. The molecule has 1 aromatic carbocycles. The highest BCUT2D eigenvalue weighted by atomic mass is 16.6. The van der Waals surface area contributed by atoms with E-state index in [-0.39, 0.29) is 18.9 Å². The molecule has 1 aliphatic rings. The molecule has 0 fully saturated rings. The number of hydrogen-bond donors (Lipinski definition) is 1. The van der Waals surface area contributed by atoms with Crippen LogP contribution in [0.4, 0.5) is 5.69 Å². The van der Waals surface area contributed by atoms with Crippen LogP contribution >= 0.6 is 0 Å². The van der Waals surface area contributed by atoms with Gasteiger partial charge in [-0.3, -0.25) is 9.59 Å². The Kier molecular flexibility index (Phi) is 6.84. The molecule has 0 saturated heterocycles. The predicted octanol–water partition coefficient (Wildman–Crippen LogP) is 0.524. The molecule has 0 aliphatic carbocycles. The molecule has 9 nitrogen and oxygen atoms in total. The second-order valence-electron chi connectivity index (χ2n) is 5.31. The van der Waals surface area contributed by atoms with Crippen molar-refractivity contribution in [2.45, 2.75) is 0 Å². The van der Waals surface area contributed by atoms with Gasteiger partial charge in [0.15, 0.2) is 6.61 Å². The summed E-state index contributed by atoms with van der Waals surface area (Å²) in [5, 5.41) is 2.65. The zero-order valence-electron chi connectivity index (χ0n) is 14.5. The number of benzene rings is 1. The molecule has 0 unspecified atom stereocenters. The van der Waals surface area contributed by atoms with Gasteiger partial charge >= 0.3 is 5.97 Å². The highest BCUT2D eigenvalue weighted by Crippen LogP contribution is 2.16. The Hall–Kier alpha value is -3.23. The summed E-state index contributed by atoms with van der Waals surface area (Å²) >= 11 is 0. The second-order valence-corrected chi connectivity index (χ2v) is 5.31. The van der Waals surface area contributed by atoms with E-state index in [0.717, 1.165) is 11.2 Å². The first-order valence-corrected chi connectivity index (χ1v) is 7.79. The van der Waals surface area contributed by atoms with Crippen LogP contribution < -0.4 is 10.1 Å². The third kappa shape index (κ3) is 5.69. The van der Waals surface area contributed by atoms with E-state index in [1.165, 1.54) is 14.2 Å². The molecule has 1 aromatic rings. The zero-order valence-corrected chi connectivity index (χ0v) is 14.5. The molecule has 1 aliphatic heterocycles. The number of rotatable bonds is 7. The number of amides is 2. The topological polar surface area (TPSA) is 103 Å². The summed E-state index contributed by atoms with van der Waals surface area (Å²) in [6, 6.07) is 6.83. The Morgan fingerprint density at radius 3 is 2.77 bits per heavy atom. The summed E-state index contributed by atoms with van der Waals surface area (Å²) in [5.41, 5.74) is 0.544. The molecule has 0 aromatic heterocycles. The van der Waals surface area contributed by atoms with Gasteiger partial charge in [-0.05, 0) is 12.1 Å². The number of ether oxygens (including phenoxy) is 4. The Bertz CT molecular complexity index is 702. The number of carbonyl (C=O) groups is 3.